The molecule has 6 nitrogen and oxygen atoms in total. The first-order chi connectivity index (χ1) is 10.6. The van der Waals surface area contributed by atoms with Gasteiger partial charge in [-0.1, -0.05) is 11.6 Å². The van der Waals surface area contributed by atoms with Gasteiger partial charge in [0.2, 0.25) is 0 Å². The standard InChI is InChI=1S/C14H14ClFN4O2/c15-11-5-9(16)1-2-10(11)14(21)17-6-8-3-4-22-12(8)13-18-7-19-20-13/h1-2,5,7-8,12H,3-4,6H2,(H,17,21)(H,18,19,20)/t8-,12-/m0/s1. The lowest BCUT2D eigenvalue weighted by Crippen LogP contribution is -2.31. The summed E-state index contributed by atoms with van der Waals surface area (Å²) in [6, 6.07) is 3.69. The van der Waals surface area contributed by atoms with Crippen molar-refractivity contribution in [2.24, 2.45) is 5.92 Å². The van der Waals surface area contributed by atoms with Crippen LogP contribution < -0.4 is 5.32 Å². The summed E-state index contributed by atoms with van der Waals surface area (Å²) < 4.78 is 18.6. The minimum atomic E-state index is -0.476. The van der Waals surface area contributed by atoms with Gasteiger partial charge in [0.05, 0.1) is 10.6 Å². The second-order valence-electron chi connectivity index (χ2n) is 5.05. The van der Waals surface area contributed by atoms with Crippen LogP contribution in [0.4, 0.5) is 4.39 Å². The first kappa shape index (κ1) is 14.9. The molecule has 1 aliphatic heterocycles. The predicted octanol–water partition coefficient (Wildman–Crippen LogP) is 2.10. The predicted molar refractivity (Wildman–Crippen MR) is 76.9 cm³/mol. The number of nitrogens with zero attached hydrogens (tertiary/aromatic N) is 2. The Labute approximate surface area is 131 Å². The van der Waals surface area contributed by atoms with Crippen molar-refractivity contribution < 1.29 is 13.9 Å². The molecule has 0 saturated carbocycles. The molecule has 1 saturated heterocycles. The Kier molecular flexibility index (Phi) is 4.35. The van der Waals surface area contributed by atoms with Gasteiger partial charge >= 0.3 is 0 Å². The van der Waals surface area contributed by atoms with Crippen LogP contribution in [0.1, 0.15) is 28.7 Å². The largest absolute Gasteiger partial charge is 0.370 e. The fourth-order valence-electron chi connectivity index (χ4n) is 2.49. The van der Waals surface area contributed by atoms with Gasteiger partial charge in [0.1, 0.15) is 18.2 Å². The molecule has 2 atom stereocenters. The Morgan fingerprint density at radius 3 is 3.14 bits per heavy atom. The summed E-state index contributed by atoms with van der Waals surface area (Å²) >= 11 is 5.88. The number of aromatic amines is 1. The molecule has 0 radical (unpaired) electrons. The number of nitrogens with one attached hydrogen (secondary N) is 2. The molecular formula is C14H14ClFN4O2. The van der Waals surface area contributed by atoms with E-state index in [0.717, 1.165) is 12.5 Å². The molecule has 116 valence electrons. The van der Waals surface area contributed by atoms with Crippen molar-refractivity contribution in [2.45, 2.75) is 12.5 Å². The van der Waals surface area contributed by atoms with Gasteiger partial charge in [-0.05, 0) is 24.6 Å². The van der Waals surface area contributed by atoms with E-state index in [1.807, 2.05) is 0 Å². The minimum Gasteiger partial charge on any atom is -0.370 e. The van der Waals surface area contributed by atoms with Crippen molar-refractivity contribution in [3.8, 4) is 0 Å². The Hall–Kier alpha value is -1.99. The fraction of sp³-hybridized carbons (Fsp3) is 0.357. The lowest BCUT2D eigenvalue weighted by Gasteiger charge is -2.17. The first-order valence-corrected chi connectivity index (χ1v) is 7.23. The molecule has 2 N–H and O–H groups in total. The number of carbonyl (C=O) groups excluding carboxylic acids is 1. The molecule has 0 unspecified atom stereocenters. The van der Waals surface area contributed by atoms with Gasteiger partial charge < -0.3 is 10.1 Å². The second-order valence-corrected chi connectivity index (χ2v) is 5.45. The fourth-order valence-corrected chi connectivity index (χ4v) is 2.74. The van der Waals surface area contributed by atoms with E-state index in [4.69, 9.17) is 16.3 Å². The number of hydrogen-bond acceptors (Lipinski definition) is 4. The number of H-pyrrole nitrogens is 1. The number of ether oxygens (including phenoxy) is 1. The SMILES string of the molecule is O=C(NC[C@@H]1CCO[C@@H]1c1ncn[nH]1)c1ccc(F)cc1Cl. The number of halogens is 2. The van der Waals surface area contributed by atoms with Gasteiger partial charge in [-0.3, -0.25) is 9.89 Å². The molecule has 0 bridgehead atoms. The monoisotopic (exact) mass is 324 g/mol. The summed E-state index contributed by atoms with van der Waals surface area (Å²) in [5.41, 5.74) is 0.248. The Balaban J connectivity index is 1.63. The van der Waals surface area contributed by atoms with E-state index < -0.39 is 5.82 Å². The third-order valence-electron chi connectivity index (χ3n) is 3.62. The van der Waals surface area contributed by atoms with Crippen LogP contribution in [0.3, 0.4) is 0 Å². The average molecular weight is 325 g/mol. The molecule has 1 aromatic heterocycles. The maximum absolute atomic E-state index is 13.0. The second kappa shape index (κ2) is 6.41. The number of benzene rings is 1. The summed E-state index contributed by atoms with van der Waals surface area (Å²) in [4.78, 5) is 16.2. The Morgan fingerprint density at radius 2 is 2.41 bits per heavy atom. The molecule has 2 aromatic rings. The Morgan fingerprint density at radius 1 is 1.55 bits per heavy atom. The van der Waals surface area contributed by atoms with E-state index in [1.54, 1.807) is 0 Å². The number of amides is 1. The zero-order valence-corrected chi connectivity index (χ0v) is 12.3. The van der Waals surface area contributed by atoms with Crippen molar-refractivity contribution in [3.05, 3.63) is 46.8 Å². The smallest absolute Gasteiger partial charge is 0.252 e. The van der Waals surface area contributed by atoms with Gasteiger partial charge in [0, 0.05) is 19.1 Å². The molecule has 22 heavy (non-hydrogen) atoms. The average Bonchev–Trinajstić information content (AvgIpc) is 3.15. The zero-order valence-electron chi connectivity index (χ0n) is 11.6. The van der Waals surface area contributed by atoms with Crippen molar-refractivity contribution in [3.63, 3.8) is 0 Å². The van der Waals surface area contributed by atoms with Crippen LogP contribution in [0.15, 0.2) is 24.5 Å². The molecule has 1 amide bonds. The van der Waals surface area contributed by atoms with E-state index in [9.17, 15) is 9.18 Å². The molecule has 8 heteroatoms. The highest BCUT2D eigenvalue weighted by atomic mass is 35.5. The van der Waals surface area contributed by atoms with Crippen molar-refractivity contribution in [2.75, 3.05) is 13.2 Å². The maximum Gasteiger partial charge on any atom is 0.252 e. The summed E-state index contributed by atoms with van der Waals surface area (Å²) in [6.07, 6.45) is 2.01. The molecule has 1 aliphatic rings. The molecular weight excluding hydrogens is 311 g/mol. The number of rotatable bonds is 4. The van der Waals surface area contributed by atoms with Crippen LogP contribution in [0.2, 0.25) is 5.02 Å². The minimum absolute atomic E-state index is 0.0898. The van der Waals surface area contributed by atoms with E-state index in [0.29, 0.717) is 19.0 Å². The van der Waals surface area contributed by atoms with Gasteiger partial charge in [-0.2, -0.15) is 5.10 Å². The molecule has 3 rings (SSSR count). The van der Waals surface area contributed by atoms with Gasteiger partial charge in [0.25, 0.3) is 5.91 Å². The lowest BCUT2D eigenvalue weighted by molar-refractivity contribution is 0.0799. The first-order valence-electron chi connectivity index (χ1n) is 6.85. The maximum atomic E-state index is 13.0. The van der Waals surface area contributed by atoms with Crippen LogP contribution in [0, 0.1) is 11.7 Å². The van der Waals surface area contributed by atoms with Crippen LogP contribution >= 0.6 is 11.6 Å². The van der Waals surface area contributed by atoms with Crippen molar-refractivity contribution in [1.29, 1.82) is 0 Å². The third kappa shape index (κ3) is 3.10. The Bertz CT molecular complexity index is 665. The summed E-state index contributed by atoms with van der Waals surface area (Å²) in [7, 11) is 0. The van der Waals surface area contributed by atoms with Crippen LogP contribution in [0.5, 0.6) is 0 Å². The van der Waals surface area contributed by atoms with E-state index in [1.165, 1.54) is 18.5 Å². The highest BCUT2D eigenvalue weighted by molar-refractivity contribution is 6.33. The van der Waals surface area contributed by atoms with E-state index >= 15 is 0 Å². The normalized spacial score (nSPS) is 21.0. The van der Waals surface area contributed by atoms with Crippen LogP contribution in [-0.4, -0.2) is 34.2 Å². The third-order valence-corrected chi connectivity index (χ3v) is 3.93. The van der Waals surface area contributed by atoms with Crippen molar-refractivity contribution in [1.82, 2.24) is 20.5 Å². The highest BCUT2D eigenvalue weighted by Gasteiger charge is 2.32. The van der Waals surface area contributed by atoms with Crippen molar-refractivity contribution >= 4 is 17.5 Å². The molecule has 1 fully saturated rings. The summed E-state index contributed by atoms with van der Waals surface area (Å²) in [5, 5.41) is 9.48. The molecule has 0 spiro atoms. The van der Waals surface area contributed by atoms with E-state index in [2.05, 4.69) is 20.5 Å². The van der Waals surface area contributed by atoms with Crippen LogP contribution in [-0.2, 0) is 4.74 Å². The van der Waals surface area contributed by atoms with E-state index in [-0.39, 0.29) is 28.5 Å². The lowest BCUT2D eigenvalue weighted by atomic mass is 10.0. The molecule has 2 heterocycles. The van der Waals surface area contributed by atoms with Gasteiger partial charge in [-0.25, -0.2) is 9.37 Å². The number of aromatic nitrogens is 3. The van der Waals surface area contributed by atoms with Gasteiger partial charge in [-0.15, -0.1) is 0 Å². The van der Waals surface area contributed by atoms with Crippen LogP contribution in [0.25, 0.3) is 0 Å². The zero-order chi connectivity index (χ0) is 15.5. The number of carbonyl (C=O) groups is 1. The summed E-state index contributed by atoms with van der Waals surface area (Å²) in [6.45, 7) is 1.01. The van der Waals surface area contributed by atoms with Gasteiger partial charge in [0.15, 0.2) is 5.82 Å². The summed E-state index contributed by atoms with van der Waals surface area (Å²) in [5.74, 6) is -0.0722. The quantitative estimate of drug-likeness (QED) is 0.902. The number of hydrogen-bond donors (Lipinski definition) is 2. The molecule has 1 aromatic carbocycles. The highest BCUT2D eigenvalue weighted by Crippen LogP contribution is 2.31. The topological polar surface area (TPSA) is 79.9 Å². The molecule has 0 aliphatic carbocycles.